The van der Waals surface area contributed by atoms with Gasteiger partial charge >= 0.3 is 0 Å². The lowest BCUT2D eigenvalue weighted by Crippen LogP contribution is -2.32. The molecule has 4 rings (SSSR count). The molecular formula is C26H28FN3O5. The van der Waals surface area contributed by atoms with Crippen LogP contribution in [0.15, 0.2) is 24.3 Å². The van der Waals surface area contributed by atoms with Crippen LogP contribution in [0.5, 0.6) is 11.5 Å². The molecule has 2 aliphatic heterocycles. The Morgan fingerprint density at radius 2 is 1.74 bits per heavy atom. The second-order valence-electron chi connectivity index (χ2n) is 9.69. The molecule has 8 nitrogen and oxygen atoms in total. The van der Waals surface area contributed by atoms with E-state index >= 15 is 4.39 Å². The van der Waals surface area contributed by atoms with Crippen LogP contribution >= 0.6 is 0 Å². The van der Waals surface area contributed by atoms with Gasteiger partial charge in [-0.3, -0.25) is 24.7 Å². The summed E-state index contributed by atoms with van der Waals surface area (Å²) in [7, 11) is 2.73. The lowest BCUT2D eigenvalue weighted by molar-refractivity contribution is -0.121. The van der Waals surface area contributed by atoms with Crippen LogP contribution < -0.4 is 14.4 Å². The number of anilines is 1. The second kappa shape index (κ2) is 8.79. The van der Waals surface area contributed by atoms with Crippen molar-refractivity contribution >= 4 is 29.1 Å². The number of Topliss-reactive ketones (excluding diaryl/α,β-unsaturated/α-hetero) is 1. The van der Waals surface area contributed by atoms with Crippen LogP contribution in [0.4, 0.5) is 10.1 Å². The lowest BCUT2D eigenvalue weighted by Gasteiger charge is -2.27. The molecule has 2 heterocycles. The Bertz CT molecular complexity index is 1250. The van der Waals surface area contributed by atoms with Gasteiger partial charge in [-0.05, 0) is 40.8 Å². The molecule has 35 heavy (non-hydrogen) atoms. The highest BCUT2D eigenvalue weighted by molar-refractivity contribution is 6.20. The number of rotatable bonds is 6. The Morgan fingerprint density at radius 1 is 1.09 bits per heavy atom. The van der Waals surface area contributed by atoms with Gasteiger partial charge in [-0.2, -0.15) is 0 Å². The van der Waals surface area contributed by atoms with Crippen LogP contribution in [0, 0.1) is 11.2 Å². The summed E-state index contributed by atoms with van der Waals surface area (Å²) in [6.07, 6.45) is 0.347. The number of carbonyl (C=O) groups is 3. The van der Waals surface area contributed by atoms with Gasteiger partial charge in [-0.15, -0.1) is 0 Å². The SMILES string of the molecule is COc1cc2c(c(F)c1OC)C(=N)N(CC(=O)c1ccc(N3C(=O)CCC3=O)c(C(C)(C)C)c1)C2. The zero-order valence-electron chi connectivity index (χ0n) is 20.5. The molecule has 184 valence electrons. The second-order valence-corrected chi connectivity index (χ2v) is 9.69. The number of fused-ring (bicyclic) bond motifs is 1. The third kappa shape index (κ3) is 4.15. The van der Waals surface area contributed by atoms with Crippen LogP contribution in [-0.2, 0) is 21.5 Å². The molecule has 2 aromatic rings. The molecule has 0 spiro atoms. The Balaban J connectivity index is 1.63. The number of benzene rings is 2. The first-order valence-corrected chi connectivity index (χ1v) is 11.3. The fourth-order valence-electron chi connectivity index (χ4n) is 4.57. The largest absolute Gasteiger partial charge is 0.493 e. The van der Waals surface area contributed by atoms with E-state index < -0.39 is 11.2 Å². The molecule has 0 atom stereocenters. The summed E-state index contributed by atoms with van der Waals surface area (Å²) in [5.74, 6) is -1.43. The zero-order valence-corrected chi connectivity index (χ0v) is 20.5. The van der Waals surface area contributed by atoms with Crippen LogP contribution in [0.25, 0.3) is 0 Å². The molecule has 0 radical (unpaired) electrons. The average molecular weight is 482 g/mol. The molecule has 0 bridgehead atoms. The molecule has 0 saturated carbocycles. The first kappa shape index (κ1) is 24.4. The van der Waals surface area contributed by atoms with E-state index in [-0.39, 0.29) is 66.4 Å². The average Bonchev–Trinajstić information content (AvgIpc) is 3.30. The molecule has 2 amide bonds. The van der Waals surface area contributed by atoms with E-state index in [2.05, 4.69) is 0 Å². The van der Waals surface area contributed by atoms with Crippen LogP contribution in [0.3, 0.4) is 0 Å². The number of halogens is 1. The van der Waals surface area contributed by atoms with E-state index in [0.717, 1.165) is 0 Å². The Kier molecular flexibility index (Phi) is 6.12. The first-order chi connectivity index (χ1) is 16.5. The molecule has 1 N–H and O–H groups in total. The fourth-order valence-corrected chi connectivity index (χ4v) is 4.57. The molecule has 2 aromatic carbocycles. The van der Waals surface area contributed by atoms with Gasteiger partial charge in [0.25, 0.3) is 0 Å². The number of nitrogens with one attached hydrogen (secondary N) is 1. The number of amides is 2. The lowest BCUT2D eigenvalue weighted by atomic mass is 9.84. The summed E-state index contributed by atoms with van der Waals surface area (Å²) in [6, 6.07) is 6.54. The first-order valence-electron chi connectivity index (χ1n) is 11.3. The van der Waals surface area contributed by atoms with Crippen molar-refractivity contribution in [1.29, 1.82) is 5.41 Å². The number of amidine groups is 1. The molecule has 9 heteroatoms. The van der Waals surface area contributed by atoms with Gasteiger partial charge in [-0.1, -0.05) is 20.8 Å². The van der Waals surface area contributed by atoms with Crippen LogP contribution in [0.2, 0.25) is 0 Å². The highest BCUT2D eigenvalue weighted by Crippen LogP contribution is 2.39. The van der Waals surface area contributed by atoms with Gasteiger partial charge in [0.15, 0.2) is 23.1 Å². The number of ketones is 1. The van der Waals surface area contributed by atoms with Gasteiger partial charge < -0.3 is 14.4 Å². The fraction of sp³-hybridized carbons (Fsp3) is 0.385. The van der Waals surface area contributed by atoms with Crippen molar-refractivity contribution in [2.24, 2.45) is 0 Å². The Hall–Kier alpha value is -3.75. The maximum atomic E-state index is 15.0. The molecule has 2 aliphatic rings. The molecule has 0 aliphatic carbocycles. The number of carbonyl (C=O) groups excluding carboxylic acids is 3. The monoisotopic (exact) mass is 481 g/mol. The number of methoxy groups -OCH3 is 2. The summed E-state index contributed by atoms with van der Waals surface area (Å²) in [5, 5.41) is 8.47. The summed E-state index contributed by atoms with van der Waals surface area (Å²) in [5.41, 5.74) is 1.76. The smallest absolute Gasteiger partial charge is 0.234 e. The van der Waals surface area contributed by atoms with Crippen molar-refractivity contribution in [2.45, 2.75) is 45.6 Å². The highest BCUT2D eigenvalue weighted by Gasteiger charge is 2.35. The van der Waals surface area contributed by atoms with E-state index in [4.69, 9.17) is 14.9 Å². The van der Waals surface area contributed by atoms with Crippen molar-refractivity contribution in [2.75, 3.05) is 25.7 Å². The van der Waals surface area contributed by atoms with Gasteiger partial charge in [0, 0.05) is 24.9 Å². The van der Waals surface area contributed by atoms with Crippen molar-refractivity contribution in [3.63, 3.8) is 0 Å². The Labute approximate surface area is 203 Å². The standard InChI is InChI=1S/C26H28FN3O5/c1-26(2,3)16-10-14(6-7-17(16)30-20(32)8-9-21(30)33)18(31)13-29-12-15-11-19(34-4)24(35-5)23(27)22(15)25(29)28/h6-7,10-11,28H,8-9,12-13H2,1-5H3. The number of imide groups is 1. The van der Waals surface area contributed by atoms with E-state index in [1.54, 1.807) is 24.3 Å². The predicted octanol–water partition coefficient (Wildman–Crippen LogP) is 3.82. The van der Waals surface area contributed by atoms with Gasteiger partial charge in [0.1, 0.15) is 5.84 Å². The third-order valence-electron chi connectivity index (χ3n) is 6.36. The minimum Gasteiger partial charge on any atom is -0.493 e. The van der Waals surface area contributed by atoms with Crippen molar-refractivity contribution in [3.8, 4) is 11.5 Å². The number of hydrogen-bond donors (Lipinski definition) is 1. The summed E-state index contributed by atoms with van der Waals surface area (Å²) >= 11 is 0. The van der Waals surface area contributed by atoms with Gasteiger partial charge in [0.05, 0.1) is 32.0 Å². The minimum atomic E-state index is -0.693. The molecule has 0 unspecified atom stereocenters. The van der Waals surface area contributed by atoms with Crippen molar-refractivity contribution in [1.82, 2.24) is 4.90 Å². The van der Waals surface area contributed by atoms with Crippen molar-refractivity contribution < 1.29 is 28.2 Å². The van der Waals surface area contributed by atoms with Gasteiger partial charge in [-0.25, -0.2) is 4.39 Å². The quantitative estimate of drug-likeness (QED) is 0.497. The van der Waals surface area contributed by atoms with Crippen molar-refractivity contribution in [3.05, 3.63) is 52.3 Å². The molecule has 0 aromatic heterocycles. The van der Waals surface area contributed by atoms with Crippen LogP contribution in [-0.4, -0.2) is 49.1 Å². The van der Waals surface area contributed by atoms with E-state index in [0.29, 0.717) is 22.4 Å². The molecule has 1 saturated heterocycles. The van der Waals surface area contributed by atoms with Crippen LogP contribution in [0.1, 0.15) is 60.7 Å². The molecular weight excluding hydrogens is 453 g/mol. The third-order valence-corrected chi connectivity index (χ3v) is 6.36. The number of nitrogens with zero attached hydrogens (tertiary/aromatic N) is 2. The Morgan fingerprint density at radius 3 is 2.31 bits per heavy atom. The normalized spacial score (nSPS) is 15.7. The zero-order chi connectivity index (χ0) is 25.7. The summed E-state index contributed by atoms with van der Waals surface area (Å²) in [6.45, 7) is 5.88. The van der Waals surface area contributed by atoms with E-state index in [1.165, 1.54) is 24.0 Å². The summed E-state index contributed by atoms with van der Waals surface area (Å²) in [4.78, 5) is 40.6. The van der Waals surface area contributed by atoms with Gasteiger partial charge in [0.2, 0.25) is 11.8 Å². The highest BCUT2D eigenvalue weighted by atomic mass is 19.1. The summed E-state index contributed by atoms with van der Waals surface area (Å²) < 4.78 is 25.3. The predicted molar refractivity (Wildman–Crippen MR) is 128 cm³/mol. The maximum absolute atomic E-state index is 15.0. The topological polar surface area (TPSA) is 100 Å². The van der Waals surface area contributed by atoms with E-state index in [9.17, 15) is 14.4 Å². The number of ether oxygens (including phenoxy) is 2. The molecule has 1 fully saturated rings. The minimum absolute atomic E-state index is 0.0828. The number of hydrogen-bond acceptors (Lipinski definition) is 6. The van der Waals surface area contributed by atoms with E-state index in [1.807, 2.05) is 20.8 Å². The maximum Gasteiger partial charge on any atom is 0.234 e.